The van der Waals surface area contributed by atoms with E-state index in [2.05, 4.69) is 25.5 Å². The van der Waals surface area contributed by atoms with Crippen LogP contribution in [0.25, 0.3) is 22.5 Å². The topological polar surface area (TPSA) is 122 Å². The Kier molecular flexibility index (Phi) is 4.71. The zero-order chi connectivity index (χ0) is 22.3. The molecule has 0 radical (unpaired) electrons. The van der Waals surface area contributed by atoms with Crippen molar-refractivity contribution >= 4 is 17.7 Å². The molecular formula is C22H21N7O3. The number of nitrogens with zero attached hydrogens (tertiary/aromatic N) is 6. The van der Waals surface area contributed by atoms with Crippen molar-refractivity contribution in [1.82, 2.24) is 29.8 Å². The summed E-state index contributed by atoms with van der Waals surface area (Å²) in [7, 11) is 3.49. The van der Waals surface area contributed by atoms with E-state index in [-0.39, 0.29) is 18.1 Å². The van der Waals surface area contributed by atoms with Crippen molar-refractivity contribution in [3.8, 4) is 22.5 Å². The summed E-state index contributed by atoms with van der Waals surface area (Å²) in [4.78, 5) is 22.6. The monoisotopic (exact) mass is 431 g/mol. The zero-order valence-electron chi connectivity index (χ0n) is 17.6. The molecule has 3 aromatic heterocycles. The van der Waals surface area contributed by atoms with Gasteiger partial charge in [-0.3, -0.25) is 9.48 Å². The fourth-order valence-corrected chi connectivity index (χ4v) is 3.70. The Morgan fingerprint density at radius 3 is 2.66 bits per heavy atom. The number of nitrogens with one attached hydrogen (secondary N) is 1. The van der Waals surface area contributed by atoms with E-state index in [1.54, 1.807) is 24.0 Å². The van der Waals surface area contributed by atoms with E-state index in [1.165, 1.54) is 4.90 Å². The number of likely N-dealkylation sites (N-methyl/N-ethyl adjacent to an activating group) is 1. The molecule has 0 bridgehead atoms. The summed E-state index contributed by atoms with van der Waals surface area (Å²) in [5.41, 5.74) is 1.21. The maximum absolute atomic E-state index is 12.3. The third kappa shape index (κ3) is 3.50. The quantitative estimate of drug-likeness (QED) is 0.494. The first-order chi connectivity index (χ1) is 15.4. The average molecular weight is 431 g/mol. The molecule has 1 atom stereocenters. The molecule has 10 heteroatoms. The Morgan fingerprint density at radius 1 is 1.12 bits per heavy atom. The van der Waals surface area contributed by atoms with Crippen LogP contribution in [0.5, 0.6) is 0 Å². The molecule has 1 aliphatic rings. The third-order valence-corrected chi connectivity index (χ3v) is 5.49. The first kappa shape index (κ1) is 19.9. The fourth-order valence-electron chi connectivity index (χ4n) is 3.70. The van der Waals surface area contributed by atoms with Crippen LogP contribution in [0.3, 0.4) is 0 Å². The minimum atomic E-state index is -1.67. The zero-order valence-corrected chi connectivity index (χ0v) is 17.6. The molecule has 0 spiro atoms. The second-order valence-corrected chi connectivity index (χ2v) is 7.76. The number of aromatic nitrogens is 5. The standard InChI is InChI=1S/C22H21N7O3/c1-28-11-8-22(31,20(28)30)18-13-17(27-32-18)15-5-3-4-14(12-15)16-6-9-23-21(24-16)25-19-7-10-29(2)26-19/h3-7,9-10,12-13,31H,8,11H2,1-2H3,(H,23,24,25,26). The van der Waals surface area contributed by atoms with Gasteiger partial charge >= 0.3 is 0 Å². The van der Waals surface area contributed by atoms with E-state index in [4.69, 9.17) is 4.52 Å². The van der Waals surface area contributed by atoms with Gasteiger partial charge in [-0.2, -0.15) is 5.10 Å². The molecule has 10 nitrogen and oxygen atoms in total. The van der Waals surface area contributed by atoms with Crippen LogP contribution < -0.4 is 5.32 Å². The van der Waals surface area contributed by atoms with E-state index in [0.29, 0.717) is 24.0 Å². The molecule has 1 amide bonds. The summed E-state index contributed by atoms with van der Waals surface area (Å²) in [6, 6.07) is 12.9. The summed E-state index contributed by atoms with van der Waals surface area (Å²) < 4.78 is 7.06. The lowest BCUT2D eigenvalue weighted by molar-refractivity contribution is -0.144. The number of hydrogen-bond acceptors (Lipinski definition) is 8. The first-order valence-electron chi connectivity index (χ1n) is 10.1. The SMILES string of the molecule is CN1CCC(O)(c2cc(-c3cccc(-c4ccnc(Nc5ccn(C)n5)n4)c3)no2)C1=O. The largest absolute Gasteiger partial charge is 0.373 e. The second kappa shape index (κ2) is 7.57. The van der Waals surface area contributed by atoms with Crippen LogP contribution in [-0.4, -0.2) is 54.4 Å². The van der Waals surface area contributed by atoms with Crippen LogP contribution in [0.4, 0.5) is 11.8 Å². The van der Waals surface area contributed by atoms with E-state index in [9.17, 15) is 9.90 Å². The molecule has 0 saturated carbocycles. The summed E-state index contributed by atoms with van der Waals surface area (Å²) in [6.07, 6.45) is 3.77. The fraction of sp³-hybridized carbons (Fsp3) is 0.227. The summed E-state index contributed by atoms with van der Waals surface area (Å²) in [5.74, 6) is 0.846. The van der Waals surface area contributed by atoms with Crippen molar-refractivity contribution in [2.75, 3.05) is 18.9 Å². The molecule has 1 fully saturated rings. The van der Waals surface area contributed by atoms with Crippen molar-refractivity contribution in [3.63, 3.8) is 0 Å². The van der Waals surface area contributed by atoms with Crippen molar-refractivity contribution in [1.29, 1.82) is 0 Å². The van der Waals surface area contributed by atoms with Gasteiger partial charge in [0.1, 0.15) is 5.69 Å². The molecule has 1 unspecified atom stereocenters. The number of aliphatic hydroxyl groups is 1. The molecule has 1 saturated heterocycles. The van der Waals surface area contributed by atoms with Crippen LogP contribution in [0.1, 0.15) is 12.2 Å². The van der Waals surface area contributed by atoms with Gasteiger partial charge in [-0.1, -0.05) is 23.4 Å². The maximum Gasteiger partial charge on any atom is 0.262 e. The van der Waals surface area contributed by atoms with Crippen LogP contribution in [0.15, 0.2) is 59.4 Å². The molecule has 5 rings (SSSR count). The van der Waals surface area contributed by atoms with Gasteiger partial charge < -0.3 is 19.8 Å². The van der Waals surface area contributed by atoms with E-state index in [0.717, 1.165) is 16.8 Å². The molecule has 4 aromatic rings. The van der Waals surface area contributed by atoms with Gasteiger partial charge in [0.2, 0.25) is 11.5 Å². The minimum absolute atomic E-state index is 0.149. The number of rotatable bonds is 5. The van der Waals surface area contributed by atoms with Crippen molar-refractivity contribution in [3.05, 3.63) is 60.6 Å². The predicted molar refractivity (Wildman–Crippen MR) is 116 cm³/mol. The molecule has 1 aliphatic heterocycles. The number of likely N-dealkylation sites (tertiary alicyclic amines) is 1. The van der Waals surface area contributed by atoms with Crippen LogP contribution >= 0.6 is 0 Å². The predicted octanol–water partition coefficient (Wildman–Crippen LogP) is 2.33. The maximum atomic E-state index is 12.3. The van der Waals surface area contributed by atoms with E-state index >= 15 is 0 Å². The number of carbonyl (C=O) groups excluding carboxylic acids is 1. The summed E-state index contributed by atoms with van der Waals surface area (Å²) >= 11 is 0. The number of anilines is 2. The lowest BCUT2D eigenvalue weighted by Gasteiger charge is -2.16. The lowest BCUT2D eigenvalue weighted by Crippen LogP contribution is -2.35. The van der Waals surface area contributed by atoms with Gasteiger partial charge in [0.15, 0.2) is 11.6 Å². The number of aryl methyl sites for hydroxylation is 1. The molecular weight excluding hydrogens is 410 g/mol. The molecule has 4 heterocycles. The van der Waals surface area contributed by atoms with Crippen molar-refractivity contribution < 1.29 is 14.4 Å². The van der Waals surface area contributed by atoms with Gasteiger partial charge in [-0.15, -0.1) is 0 Å². The Balaban J connectivity index is 1.42. The Bertz CT molecular complexity index is 1300. The Labute approximate surface area is 183 Å². The Hall–Kier alpha value is -4.05. The molecule has 32 heavy (non-hydrogen) atoms. The highest BCUT2D eigenvalue weighted by Gasteiger charge is 2.48. The number of amides is 1. The number of benzene rings is 1. The molecule has 1 aromatic carbocycles. The lowest BCUT2D eigenvalue weighted by atomic mass is 9.98. The summed E-state index contributed by atoms with van der Waals surface area (Å²) in [5, 5.41) is 22.2. The number of carbonyl (C=O) groups is 1. The van der Waals surface area contributed by atoms with Crippen molar-refractivity contribution in [2.45, 2.75) is 12.0 Å². The van der Waals surface area contributed by atoms with Crippen LogP contribution in [0.2, 0.25) is 0 Å². The van der Waals surface area contributed by atoms with E-state index < -0.39 is 5.60 Å². The smallest absolute Gasteiger partial charge is 0.262 e. The molecule has 2 N–H and O–H groups in total. The molecule has 162 valence electrons. The van der Waals surface area contributed by atoms with E-state index in [1.807, 2.05) is 49.6 Å². The Morgan fingerprint density at radius 2 is 1.94 bits per heavy atom. The first-order valence-corrected chi connectivity index (χ1v) is 10.1. The summed E-state index contributed by atoms with van der Waals surface area (Å²) in [6.45, 7) is 0.462. The highest BCUT2D eigenvalue weighted by Crippen LogP contribution is 2.35. The normalized spacial score (nSPS) is 18.3. The van der Waals surface area contributed by atoms with Crippen LogP contribution in [-0.2, 0) is 17.4 Å². The van der Waals surface area contributed by atoms with Crippen LogP contribution in [0, 0.1) is 0 Å². The highest BCUT2D eigenvalue weighted by molar-refractivity contribution is 5.87. The van der Waals surface area contributed by atoms with Crippen molar-refractivity contribution in [2.24, 2.45) is 7.05 Å². The van der Waals surface area contributed by atoms with Gasteiger partial charge in [-0.25, -0.2) is 9.97 Å². The second-order valence-electron chi connectivity index (χ2n) is 7.76. The highest BCUT2D eigenvalue weighted by atomic mass is 16.5. The van der Waals surface area contributed by atoms with Gasteiger partial charge in [0, 0.05) is 62.7 Å². The van der Waals surface area contributed by atoms with Gasteiger partial charge in [0.25, 0.3) is 5.91 Å². The number of hydrogen-bond donors (Lipinski definition) is 2. The minimum Gasteiger partial charge on any atom is -0.373 e. The average Bonchev–Trinajstić information content (AvgIpc) is 3.52. The third-order valence-electron chi connectivity index (χ3n) is 5.49. The van der Waals surface area contributed by atoms with Gasteiger partial charge in [0.05, 0.1) is 5.69 Å². The molecule has 0 aliphatic carbocycles. The van der Waals surface area contributed by atoms with Gasteiger partial charge in [-0.05, 0) is 12.1 Å².